The van der Waals surface area contributed by atoms with Gasteiger partial charge in [0.2, 0.25) is 0 Å². The Hall–Kier alpha value is -2.26. The summed E-state index contributed by atoms with van der Waals surface area (Å²) in [5, 5.41) is 8.91. The van der Waals surface area contributed by atoms with Crippen LogP contribution in [0.5, 0.6) is 0 Å². The Kier molecular flexibility index (Phi) is 4.29. The van der Waals surface area contributed by atoms with Crippen LogP contribution in [0.3, 0.4) is 0 Å². The SMILES string of the molecule is CCOC(=O)c1c(C)nn(-c2cccc(C)n2)c1S(N)(=O)=O. The van der Waals surface area contributed by atoms with E-state index >= 15 is 0 Å². The van der Waals surface area contributed by atoms with Gasteiger partial charge in [-0.05, 0) is 32.9 Å². The zero-order valence-electron chi connectivity index (χ0n) is 12.4. The first-order chi connectivity index (χ1) is 10.3. The van der Waals surface area contributed by atoms with Crippen LogP contribution in [0.4, 0.5) is 0 Å². The molecular weight excluding hydrogens is 308 g/mol. The van der Waals surface area contributed by atoms with Crippen molar-refractivity contribution < 1.29 is 17.9 Å². The van der Waals surface area contributed by atoms with Crippen LogP contribution in [0, 0.1) is 13.8 Å². The third-order valence-corrected chi connectivity index (χ3v) is 3.77. The van der Waals surface area contributed by atoms with E-state index in [0.29, 0.717) is 5.69 Å². The lowest BCUT2D eigenvalue weighted by atomic mass is 10.3. The average Bonchev–Trinajstić information content (AvgIpc) is 2.76. The Morgan fingerprint density at radius 3 is 2.59 bits per heavy atom. The van der Waals surface area contributed by atoms with Crippen molar-refractivity contribution in [1.82, 2.24) is 14.8 Å². The lowest BCUT2D eigenvalue weighted by Gasteiger charge is -2.07. The zero-order chi connectivity index (χ0) is 16.5. The van der Waals surface area contributed by atoms with Gasteiger partial charge in [-0.1, -0.05) is 6.07 Å². The molecule has 0 spiro atoms. The van der Waals surface area contributed by atoms with Crippen molar-refractivity contribution in [1.29, 1.82) is 0 Å². The number of primary sulfonamides is 1. The Bertz CT molecular complexity index is 827. The van der Waals surface area contributed by atoms with E-state index in [0.717, 1.165) is 4.68 Å². The van der Waals surface area contributed by atoms with Gasteiger partial charge in [-0.25, -0.2) is 28.0 Å². The van der Waals surface area contributed by atoms with Gasteiger partial charge in [0.05, 0.1) is 12.3 Å². The summed E-state index contributed by atoms with van der Waals surface area (Å²) >= 11 is 0. The van der Waals surface area contributed by atoms with Crippen LogP contribution in [-0.2, 0) is 14.8 Å². The molecule has 0 amide bonds. The highest BCUT2D eigenvalue weighted by molar-refractivity contribution is 7.89. The molecule has 2 aromatic heterocycles. The minimum absolute atomic E-state index is 0.107. The van der Waals surface area contributed by atoms with E-state index in [1.165, 1.54) is 6.92 Å². The molecule has 0 aliphatic carbocycles. The van der Waals surface area contributed by atoms with E-state index in [2.05, 4.69) is 10.1 Å². The molecule has 0 radical (unpaired) electrons. The number of pyridine rings is 1. The fourth-order valence-electron chi connectivity index (χ4n) is 2.01. The second kappa shape index (κ2) is 5.85. The van der Waals surface area contributed by atoms with Crippen molar-refractivity contribution in [2.45, 2.75) is 25.8 Å². The zero-order valence-corrected chi connectivity index (χ0v) is 13.2. The van der Waals surface area contributed by atoms with Crippen LogP contribution in [-0.4, -0.2) is 35.8 Å². The molecule has 0 atom stereocenters. The van der Waals surface area contributed by atoms with Crippen LogP contribution < -0.4 is 5.14 Å². The van der Waals surface area contributed by atoms with Gasteiger partial charge in [0.15, 0.2) is 10.8 Å². The monoisotopic (exact) mass is 324 g/mol. The number of sulfonamides is 1. The fourth-order valence-corrected chi connectivity index (χ4v) is 2.90. The van der Waals surface area contributed by atoms with Crippen molar-refractivity contribution in [3.05, 3.63) is 35.2 Å². The van der Waals surface area contributed by atoms with E-state index in [9.17, 15) is 13.2 Å². The van der Waals surface area contributed by atoms with Crippen molar-refractivity contribution in [3.8, 4) is 5.82 Å². The number of hydrogen-bond donors (Lipinski definition) is 1. The highest BCUT2D eigenvalue weighted by Crippen LogP contribution is 2.22. The average molecular weight is 324 g/mol. The summed E-state index contributed by atoms with van der Waals surface area (Å²) < 4.78 is 29.8. The summed E-state index contributed by atoms with van der Waals surface area (Å²) in [7, 11) is -4.21. The van der Waals surface area contributed by atoms with Crippen molar-refractivity contribution in [3.63, 3.8) is 0 Å². The molecule has 2 rings (SSSR count). The summed E-state index contributed by atoms with van der Waals surface area (Å²) in [6, 6.07) is 5.03. The smallest absolute Gasteiger partial charge is 0.343 e. The van der Waals surface area contributed by atoms with Gasteiger partial charge >= 0.3 is 5.97 Å². The molecule has 2 aromatic rings. The molecule has 0 aromatic carbocycles. The highest BCUT2D eigenvalue weighted by atomic mass is 32.2. The molecule has 0 fully saturated rings. The third-order valence-electron chi connectivity index (χ3n) is 2.86. The van der Waals surface area contributed by atoms with Crippen LogP contribution >= 0.6 is 0 Å². The fraction of sp³-hybridized carbons (Fsp3) is 0.308. The maximum atomic E-state index is 12.0. The molecule has 22 heavy (non-hydrogen) atoms. The Balaban J connectivity index is 2.76. The van der Waals surface area contributed by atoms with Gasteiger partial charge in [-0.2, -0.15) is 5.10 Å². The second-order valence-corrected chi connectivity index (χ2v) is 6.06. The van der Waals surface area contributed by atoms with Crippen LogP contribution in [0.1, 0.15) is 28.7 Å². The largest absolute Gasteiger partial charge is 0.462 e. The van der Waals surface area contributed by atoms with Gasteiger partial charge in [-0.15, -0.1) is 0 Å². The molecular formula is C13H16N4O4S. The van der Waals surface area contributed by atoms with Crippen LogP contribution in [0.25, 0.3) is 5.82 Å². The number of carbonyl (C=O) groups excluding carboxylic acids is 1. The number of ether oxygens (including phenoxy) is 1. The number of aryl methyl sites for hydroxylation is 2. The molecule has 0 aliphatic rings. The van der Waals surface area contributed by atoms with E-state index in [4.69, 9.17) is 9.88 Å². The molecule has 0 saturated heterocycles. The van der Waals surface area contributed by atoms with Crippen LogP contribution in [0.15, 0.2) is 23.2 Å². The standard InChI is InChI=1S/C13H16N4O4S/c1-4-21-13(18)11-9(3)16-17(12(11)22(14,19)20)10-7-5-6-8(2)15-10/h5-7H,4H2,1-3H3,(H2,14,19,20). The summed E-state index contributed by atoms with van der Waals surface area (Å²) in [6.45, 7) is 4.99. The second-order valence-electron chi connectivity index (χ2n) is 4.58. The summed E-state index contributed by atoms with van der Waals surface area (Å²) in [6.07, 6.45) is 0. The van der Waals surface area contributed by atoms with Gasteiger partial charge in [-0.3, -0.25) is 0 Å². The number of aromatic nitrogens is 3. The van der Waals surface area contributed by atoms with E-state index in [1.807, 2.05) is 0 Å². The third kappa shape index (κ3) is 3.00. The van der Waals surface area contributed by atoms with Gasteiger partial charge in [0.25, 0.3) is 10.0 Å². The molecule has 2 N–H and O–H groups in total. The summed E-state index contributed by atoms with van der Waals surface area (Å²) in [4.78, 5) is 16.2. The topological polar surface area (TPSA) is 117 Å². The number of rotatable bonds is 4. The Labute approximate surface area is 128 Å². The summed E-state index contributed by atoms with van der Waals surface area (Å²) in [5.41, 5.74) is 0.696. The Morgan fingerprint density at radius 1 is 1.36 bits per heavy atom. The van der Waals surface area contributed by atoms with Crippen molar-refractivity contribution in [2.24, 2.45) is 5.14 Å². The predicted octanol–water partition coefficient (Wildman–Crippen LogP) is 0.708. The highest BCUT2D eigenvalue weighted by Gasteiger charge is 2.30. The van der Waals surface area contributed by atoms with E-state index in [-0.39, 0.29) is 23.7 Å². The number of nitrogens with zero attached hydrogens (tertiary/aromatic N) is 3. The summed E-state index contributed by atoms with van der Waals surface area (Å²) in [5.74, 6) is -0.536. The van der Waals surface area contributed by atoms with Gasteiger partial charge in [0.1, 0.15) is 5.56 Å². The number of nitrogens with two attached hydrogens (primary N) is 1. The predicted molar refractivity (Wildman–Crippen MR) is 78.2 cm³/mol. The molecule has 9 heteroatoms. The first-order valence-electron chi connectivity index (χ1n) is 6.49. The molecule has 0 saturated carbocycles. The molecule has 8 nitrogen and oxygen atoms in total. The molecule has 2 heterocycles. The normalized spacial score (nSPS) is 11.5. The molecule has 0 bridgehead atoms. The van der Waals surface area contributed by atoms with Gasteiger partial charge < -0.3 is 4.74 Å². The Morgan fingerprint density at radius 2 is 2.05 bits per heavy atom. The lowest BCUT2D eigenvalue weighted by Crippen LogP contribution is -2.21. The van der Waals surface area contributed by atoms with Crippen LogP contribution in [0.2, 0.25) is 0 Å². The first-order valence-corrected chi connectivity index (χ1v) is 8.04. The van der Waals surface area contributed by atoms with Crippen molar-refractivity contribution in [2.75, 3.05) is 6.61 Å². The van der Waals surface area contributed by atoms with E-state index < -0.39 is 21.0 Å². The number of esters is 1. The quantitative estimate of drug-likeness (QED) is 0.828. The minimum atomic E-state index is -4.21. The molecule has 0 aliphatic heterocycles. The van der Waals surface area contributed by atoms with Gasteiger partial charge in [0, 0.05) is 5.69 Å². The number of hydrogen-bond acceptors (Lipinski definition) is 6. The van der Waals surface area contributed by atoms with E-state index in [1.54, 1.807) is 32.0 Å². The maximum Gasteiger partial charge on any atom is 0.343 e. The minimum Gasteiger partial charge on any atom is -0.462 e. The first kappa shape index (κ1) is 16.1. The molecule has 118 valence electrons. The van der Waals surface area contributed by atoms with Crippen molar-refractivity contribution >= 4 is 16.0 Å². The maximum absolute atomic E-state index is 12.0. The number of carbonyl (C=O) groups is 1. The lowest BCUT2D eigenvalue weighted by molar-refractivity contribution is 0.0520. The molecule has 0 unspecified atom stereocenters.